The molecule has 2 aromatic carbocycles. The number of nitrogens with zero attached hydrogens (tertiary/aromatic N) is 2. The van der Waals surface area contributed by atoms with Gasteiger partial charge in [-0.2, -0.15) is 0 Å². The lowest BCUT2D eigenvalue weighted by atomic mass is 9.93. The fourth-order valence-corrected chi connectivity index (χ4v) is 4.77. The number of halogens is 1. The summed E-state index contributed by atoms with van der Waals surface area (Å²) in [5.41, 5.74) is 2.74. The number of amides is 2. The topological polar surface area (TPSA) is 74.3 Å². The fourth-order valence-electron chi connectivity index (χ4n) is 4.77. The number of pyridine rings is 1. The average Bonchev–Trinajstić information content (AvgIpc) is 2.89. The molecule has 1 aliphatic carbocycles. The number of carbonyl (C=O) groups excluding carboxylic acids is 2. The Bertz CT molecular complexity index is 1160. The molecule has 4 rings (SSSR count). The van der Waals surface area contributed by atoms with E-state index in [1.165, 1.54) is 23.5 Å². The lowest BCUT2D eigenvalue weighted by Crippen LogP contribution is -2.49. The molecule has 0 saturated heterocycles. The Hall–Kier alpha value is -3.58. The summed E-state index contributed by atoms with van der Waals surface area (Å²) in [6.45, 7) is 2.28. The molecule has 0 radical (unpaired) electrons. The monoisotopic (exact) mass is 488 g/mol. The van der Waals surface area contributed by atoms with E-state index in [1.54, 1.807) is 18.3 Å². The number of hydrogen-bond donors (Lipinski definition) is 2. The summed E-state index contributed by atoms with van der Waals surface area (Å²) in [6.07, 6.45) is 6.86. The van der Waals surface area contributed by atoms with Gasteiger partial charge in [-0.15, -0.1) is 0 Å². The summed E-state index contributed by atoms with van der Waals surface area (Å²) in [5.74, 6) is -1.05. The first-order valence-electron chi connectivity index (χ1n) is 12.6. The summed E-state index contributed by atoms with van der Waals surface area (Å²) in [7, 11) is 0. The first-order valence-corrected chi connectivity index (χ1v) is 12.6. The Balaban J connectivity index is 1.66. The molecule has 1 unspecified atom stereocenters. The first kappa shape index (κ1) is 25.5. The summed E-state index contributed by atoms with van der Waals surface area (Å²) in [5, 5.41) is 6.32. The summed E-state index contributed by atoms with van der Waals surface area (Å²) in [4.78, 5) is 33.2. The number of rotatable bonds is 9. The minimum atomic E-state index is -0.931. The van der Waals surface area contributed by atoms with E-state index in [-0.39, 0.29) is 24.4 Å². The molecule has 7 heteroatoms. The zero-order chi connectivity index (χ0) is 25.3. The smallest absolute Gasteiger partial charge is 0.248 e. The predicted octanol–water partition coefficient (Wildman–Crippen LogP) is 4.84. The standard InChI is InChI=1S/C29H33FN4O2/c1-21-10-5-6-16-26(21)28(29(36)33-23-12-3-2-4-13-23)34(25-15-9-11-22(30)18-25)27(35)20-31-19-24-14-7-8-17-32-24/h5-11,14-18,23,28,31H,2-4,12-13,19-20H2,1H3,(H,33,36). The zero-order valence-corrected chi connectivity index (χ0v) is 20.6. The SMILES string of the molecule is Cc1ccccc1C(C(=O)NC1CCCCC1)N(C(=O)CNCc1ccccn1)c1cccc(F)c1. The van der Waals surface area contributed by atoms with Crippen molar-refractivity contribution in [3.63, 3.8) is 0 Å². The Morgan fingerprint density at radius 3 is 2.53 bits per heavy atom. The minimum absolute atomic E-state index is 0.0355. The molecule has 6 nitrogen and oxygen atoms in total. The summed E-state index contributed by atoms with van der Waals surface area (Å²) >= 11 is 0. The van der Waals surface area contributed by atoms with E-state index >= 15 is 0 Å². The van der Waals surface area contributed by atoms with Crippen LogP contribution in [-0.4, -0.2) is 29.4 Å². The number of aryl methyl sites for hydroxylation is 1. The Morgan fingerprint density at radius 2 is 1.81 bits per heavy atom. The predicted molar refractivity (Wildman–Crippen MR) is 139 cm³/mol. The van der Waals surface area contributed by atoms with Crippen LogP contribution in [0.15, 0.2) is 72.9 Å². The molecular formula is C29H33FN4O2. The van der Waals surface area contributed by atoms with Gasteiger partial charge in [0.05, 0.1) is 12.2 Å². The van der Waals surface area contributed by atoms with Crippen molar-refractivity contribution in [2.24, 2.45) is 0 Å². The first-order chi connectivity index (χ1) is 17.5. The van der Waals surface area contributed by atoms with E-state index in [9.17, 15) is 14.0 Å². The molecular weight excluding hydrogens is 455 g/mol. The number of benzene rings is 2. The third-order valence-electron chi connectivity index (χ3n) is 6.60. The summed E-state index contributed by atoms with van der Waals surface area (Å²) < 4.78 is 14.3. The van der Waals surface area contributed by atoms with Crippen molar-refractivity contribution < 1.29 is 14.0 Å². The van der Waals surface area contributed by atoms with Crippen molar-refractivity contribution >= 4 is 17.5 Å². The molecule has 0 spiro atoms. The maximum absolute atomic E-state index is 14.3. The highest BCUT2D eigenvalue weighted by molar-refractivity contribution is 6.02. The Labute approximate surface area is 211 Å². The molecule has 1 saturated carbocycles. The van der Waals surface area contributed by atoms with Gasteiger partial charge < -0.3 is 10.6 Å². The van der Waals surface area contributed by atoms with Crippen molar-refractivity contribution in [3.8, 4) is 0 Å². The second kappa shape index (κ2) is 12.4. The lowest BCUT2D eigenvalue weighted by Gasteiger charge is -2.34. The molecule has 1 heterocycles. The third-order valence-corrected chi connectivity index (χ3v) is 6.60. The molecule has 2 N–H and O–H groups in total. The molecule has 188 valence electrons. The van der Waals surface area contributed by atoms with E-state index < -0.39 is 11.9 Å². The van der Waals surface area contributed by atoms with Gasteiger partial charge in [0.25, 0.3) is 0 Å². The van der Waals surface area contributed by atoms with Crippen molar-refractivity contribution in [2.75, 3.05) is 11.4 Å². The largest absolute Gasteiger partial charge is 0.351 e. The Morgan fingerprint density at radius 1 is 1.03 bits per heavy atom. The van der Waals surface area contributed by atoms with Gasteiger partial charge in [-0.3, -0.25) is 19.5 Å². The van der Waals surface area contributed by atoms with Crippen LogP contribution in [0, 0.1) is 12.7 Å². The van der Waals surface area contributed by atoms with Crippen molar-refractivity contribution in [3.05, 3.63) is 95.6 Å². The van der Waals surface area contributed by atoms with Crippen molar-refractivity contribution in [1.29, 1.82) is 0 Å². The number of carbonyl (C=O) groups is 2. The van der Waals surface area contributed by atoms with Crippen LogP contribution in [0.5, 0.6) is 0 Å². The van der Waals surface area contributed by atoms with Crippen molar-refractivity contribution in [2.45, 2.75) is 57.7 Å². The molecule has 0 aliphatic heterocycles. The molecule has 1 aliphatic rings. The highest BCUT2D eigenvalue weighted by Crippen LogP contribution is 2.31. The van der Waals surface area contributed by atoms with Gasteiger partial charge in [-0.05, 0) is 61.2 Å². The van der Waals surface area contributed by atoms with Crippen LogP contribution in [0.25, 0.3) is 0 Å². The second-order valence-electron chi connectivity index (χ2n) is 9.27. The number of anilines is 1. The van der Waals surface area contributed by atoms with E-state index in [0.717, 1.165) is 36.9 Å². The molecule has 36 heavy (non-hydrogen) atoms. The number of aromatic nitrogens is 1. The van der Waals surface area contributed by atoms with Gasteiger partial charge in [-0.1, -0.05) is 55.7 Å². The summed E-state index contributed by atoms with van der Waals surface area (Å²) in [6, 6.07) is 18.1. The molecule has 2 amide bonds. The van der Waals surface area contributed by atoms with E-state index in [4.69, 9.17) is 0 Å². The van der Waals surface area contributed by atoms with E-state index in [0.29, 0.717) is 17.8 Å². The molecule has 3 aromatic rings. The fraction of sp³-hybridized carbons (Fsp3) is 0.345. The van der Waals surface area contributed by atoms with Gasteiger partial charge in [-0.25, -0.2) is 4.39 Å². The lowest BCUT2D eigenvalue weighted by molar-refractivity contribution is -0.127. The van der Waals surface area contributed by atoms with Crippen LogP contribution in [0.3, 0.4) is 0 Å². The second-order valence-corrected chi connectivity index (χ2v) is 9.27. The van der Waals surface area contributed by atoms with E-state index in [1.807, 2.05) is 49.4 Å². The third kappa shape index (κ3) is 6.55. The normalized spacial score (nSPS) is 14.7. The molecule has 1 fully saturated rings. The maximum Gasteiger partial charge on any atom is 0.248 e. The van der Waals surface area contributed by atoms with Crippen LogP contribution >= 0.6 is 0 Å². The van der Waals surface area contributed by atoms with Gasteiger partial charge in [0.2, 0.25) is 11.8 Å². The van der Waals surface area contributed by atoms with Crippen LogP contribution < -0.4 is 15.5 Å². The van der Waals surface area contributed by atoms with Crippen LogP contribution in [-0.2, 0) is 16.1 Å². The van der Waals surface area contributed by atoms with Gasteiger partial charge in [0.15, 0.2) is 0 Å². The minimum Gasteiger partial charge on any atom is -0.351 e. The van der Waals surface area contributed by atoms with Crippen LogP contribution in [0.2, 0.25) is 0 Å². The van der Waals surface area contributed by atoms with Gasteiger partial charge in [0, 0.05) is 24.5 Å². The highest BCUT2D eigenvalue weighted by atomic mass is 19.1. The van der Waals surface area contributed by atoms with Crippen LogP contribution in [0.1, 0.15) is 55.0 Å². The quantitative estimate of drug-likeness (QED) is 0.452. The molecule has 1 atom stereocenters. The highest BCUT2D eigenvalue weighted by Gasteiger charge is 2.34. The average molecular weight is 489 g/mol. The maximum atomic E-state index is 14.3. The molecule has 1 aromatic heterocycles. The Kier molecular flexibility index (Phi) is 8.79. The van der Waals surface area contributed by atoms with Gasteiger partial charge >= 0.3 is 0 Å². The molecule has 0 bridgehead atoms. The number of nitrogens with one attached hydrogen (secondary N) is 2. The van der Waals surface area contributed by atoms with Crippen LogP contribution in [0.4, 0.5) is 10.1 Å². The van der Waals surface area contributed by atoms with Crippen molar-refractivity contribution in [1.82, 2.24) is 15.6 Å². The number of hydrogen-bond acceptors (Lipinski definition) is 4. The zero-order valence-electron chi connectivity index (χ0n) is 20.6. The van der Waals surface area contributed by atoms with E-state index in [2.05, 4.69) is 15.6 Å². The van der Waals surface area contributed by atoms with Gasteiger partial charge in [0.1, 0.15) is 11.9 Å².